The third-order valence-electron chi connectivity index (χ3n) is 4.71. The molecule has 2 amide bonds. The second-order valence-electron chi connectivity index (χ2n) is 7.12. The molecule has 1 saturated heterocycles. The van der Waals surface area contributed by atoms with E-state index in [0.717, 1.165) is 25.7 Å². The van der Waals surface area contributed by atoms with Crippen molar-refractivity contribution in [2.75, 3.05) is 19.3 Å². The topological polar surface area (TPSA) is 83.6 Å². The number of hydrogen-bond donors (Lipinski definition) is 1. The lowest BCUT2D eigenvalue weighted by Gasteiger charge is -2.32. The molecule has 7 heteroatoms. The van der Waals surface area contributed by atoms with Crippen LogP contribution in [0.3, 0.4) is 0 Å². The monoisotopic (exact) mass is 364 g/mol. The summed E-state index contributed by atoms with van der Waals surface area (Å²) in [5.41, 5.74) is 1.25. The standard InChI is InChI=1S/C18H24N2O4S/c1-25(23,24)12-13-2-4-15(5-3-13)18(22)20-10-8-16(9-11-20)19-17(21)14-6-7-14/h2-5,14,16H,6-12H2,1H3,(H,19,21). The molecule has 6 nitrogen and oxygen atoms in total. The number of nitrogens with one attached hydrogen (secondary N) is 1. The number of piperidine rings is 1. The lowest BCUT2D eigenvalue weighted by molar-refractivity contribution is -0.123. The van der Waals surface area contributed by atoms with E-state index >= 15 is 0 Å². The van der Waals surface area contributed by atoms with Gasteiger partial charge in [-0.3, -0.25) is 9.59 Å². The highest BCUT2D eigenvalue weighted by atomic mass is 32.2. The van der Waals surface area contributed by atoms with Gasteiger partial charge in [0.25, 0.3) is 5.91 Å². The first-order chi connectivity index (χ1) is 11.8. The van der Waals surface area contributed by atoms with Gasteiger partial charge in [-0.1, -0.05) is 12.1 Å². The van der Waals surface area contributed by atoms with Gasteiger partial charge in [0.2, 0.25) is 5.91 Å². The molecule has 3 rings (SSSR count). The van der Waals surface area contributed by atoms with Crippen LogP contribution in [0.1, 0.15) is 41.6 Å². The number of likely N-dealkylation sites (tertiary alicyclic amines) is 1. The fourth-order valence-corrected chi connectivity index (χ4v) is 3.92. The van der Waals surface area contributed by atoms with Crippen molar-refractivity contribution in [3.05, 3.63) is 35.4 Å². The summed E-state index contributed by atoms with van der Waals surface area (Å²) in [6, 6.07) is 6.91. The Bertz CT molecular complexity index is 746. The zero-order chi connectivity index (χ0) is 18.0. The summed E-state index contributed by atoms with van der Waals surface area (Å²) < 4.78 is 22.6. The molecule has 1 heterocycles. The van der Waals surface area contributed by atoms with E-state index in [1.54, 1.807) is 29.2 Å². The SMILES string of the molecule is CS(=O)(=O)Cc1ccc(C(=O)N2CCC(NC(=O)C3CC3)CC2)cc1. The molecule has 0 bridgehead atoms. The van der Waals surface area contributed by atoms with E-state index in [4.69, 9.17) is 0 Å². The molecule has 0 radical (unpaired) electrons. The number of amides is 2. The molecule has 25 heavy (non-hydrogen) atoms. The molecule has 0 aromatic heterocycles. The van der Waals surface area contributed by atoms with Gasteiger partial charge in [-0.15, -0.1) is 0 Å². The molecular formula is C18H24N2O4S. The van der Waals surface area contributed by atoms with Crippen molar-refractivity contribution in [3.63, 3.8) is 0 Å². The van der Waals surface area contributed by atoms with Crippen molar-refractivity contribution in [2.45, 2.75) is 37.5 Å². The van der Waals surface area contributed by atoms with Gasteiger partial charge in [-0.05, 0) is 43.4 Å². The first-order valence-electron chi connectivity index (χ1n) is 8.68. The van der Waals surface area contributed by atoms with E-state index in [-0.39, 0.29) is 29.5 Å². The quantitative estimate of drug-likeness (QED) is 0.855. The van der Waals surface area contributed by atoms with Gasteiger partial charge in [0, 0.05) is 36.9 Å². The summed E-state index contributed by atoms with van der Waals surface area (Å²) in [4.78, 5) is 26.2. The van der Waals surface area contributed by atoms with E-state index in [1.807, 2.05) is 0 Å². The first-order valence-corrected chi connectivity index (χ1v) is 10.7. The number of nitrogens with zero attached hydrogens (tertiary/aromatic N) is 1. The second-order valence-corrected chi connectivity index (χ2v) is 9.26. The third kappa shape index (κ3) is 5.04. The summed E-state index contributed by atoms with van der Waals surface area (Å²) in [7, 11) is -3.08. The first kappa shape index (κ1) is 17.9. The van der Waals surface area contributed by atoms with Crippen LogP contribution in [0.15, 0.2) is 24.3 Å². The van der Waals surface area contributed by atoms with Gasteiger partial charge < -0.3 is 10.2 Å². The Morgan fingerprint density at radius 2 is 1.68 bits per heavy atom. The van der Waals surface area contributed by atoms with Crippen molar-refractivity contribution >= 4 is 21.7 Å². The molecule has 1 aromatic carbocycles. The lowest BCUT2D eigenvalue weighted by Crippen LogP contribution is -2.46. The number of benzene rings is 1. The number of sulfone groups is 1. The van der Waals surface area contributed by atoms with Crippen molar-refractivity contribution in [1.29, 1.82) is 0 Å². The average Bonchev–Trinajstić information content (AvgIpc) is 3.39. The molecular weight excluding hydrogens is 340 g/mol. The zero-order valence-corrected chi connectivity index (χ0v) is 15.2. The smallest absolute Gasteiger partial charge is 0.253 e. The molecule has 1 aromatic rings. The van der Waals surface area contributed by atoms with Crippen LogP contribution < -0.4 is 5.32 Å². The highest BCUT2D eigenvalue weighted by molar-refractivity contribution is 7.89. The van der Waals surface area contributed by atoms with Crippen molar-refractivity contribution in [2.24, 2.45) is 5.92 Å². The molecule has 0 atom stereocenters. The normalized spacial score (nSPS) is 18.8. The number of carbonyl (C=O) groups excluding carboxylic acids is 2. The molecule has 1 saturated carbocycles. The second kappa shape index (κ2) is 7.15. The molecule has 1 N–H and O–H groups in total. The minimum absolute atomic E-state index is 0.0203. The van der Waals surface area contributed by atoms with Crippen LogP contribution in [0.2, 0.25) is 0 Å². The number of carbonyl (C=O) groups is 2. The fourth-order valence-electron chi connectivity index (χ4n) is 3.12. The summed E-state index contributed by atoms with van der Waals surface area (Å²) in [5.74, 6) is 0.308. The van der Waals surface area contributed by atoms with E-state index in [1.165, 1.54) is 6.26 Å². The number of hydrogen-bond acceptors (Lipinski definition) is 4. The highest BCUT2D eigenvalue weighted by Gasteiger charge is 2.32. The molecule has 2 aliphatic rings. The van der Waals surface area contributed by atoms with E-state index in [2.05, 4.69) is 5.32 Å². The molecule has 0 unspecified atom stereocenters. The van der Waals surface area contributed by atoms with Crippen LogP contribution in [-0.2, 0) is 20.4 Å². The van der Waals surface area contributed by atoms with Gasteiger partial charge in [0.05, 0.1) is 5.75 Å². The summed E-state index contributed by atoms with van der Waals surface area (Å²) >= 11 is 0. The average molecular weight is 364 g/mol. The van der Waals surface area contributed by atoms with Crippen LogP contribution in [0.4, 0.5) is 0 Å². The Morgan fingerprint density at radius 3 is 2.20 bits per heavy atom. The van der Waals surface area contributed by atoms with Crippen LogP contribution in [0.25, 0.3) is 0 Å². The van der Waals surface area contributed by atoms with Gasteiger partial charge in [0.15, 0.2) is 9.84 Å². The van der Waals surface area contributed by atoms with Crippen molar-refractivity contribution in [3.8, 4) is 0 Å². The Kier molecular flexibility index (Phi) is 5.13. The van der Waals surface area contributed by atoms with Gasteiger partial charge in [-0.25, -0.2) is 8.42 Å². The van der Waals surface area contributed by atoms with Gasteiger partial charge in [0.1, 0.15) is 0 Å². The lowest BCUT2D eigenvalue weighted by atomic mass is 10.0. The van der Waals surface area contributed by atoms with Crippen molar-refractivity contribution < 1.29 is 18.0 Å². The minimum Gasteiger partial charge on any atom is -0.353 e. The van der Waals surface area contributed by atoms with Crippen LogP contribution >= 0.6 is 0 Å². The predicted octanol–water partition coefficient (Wildman–Crippen LogP) is 1.36. The van der Waals surface area contributed by atoms with Crippen molar-refractivity contribution in [1.82, 2.24) is 10.2 Å². The highest BCUT2D eigenvalue weighted by Crippen LogP contribution is 2.29. The predicted molar refractivity (Wildman–Crippen MR) is 94.8 cm³/mol. The summed E-state index contributed by atoms with van der Waals surface area (Å²) in [6.45, 7) is 1.25. The van der Waals surface area contributed by atoms with E-state index in [9.17, 15) is 18.0 Å². The van der Waals surface area contributed by atoms with E-state index in [0.29, 0.717) is 24.2 Å². The third-order valence-corrected chi connectivity index (χ3v) is 5.56. The largest absolute Gasteiger partial charge is 0.353 e. The fraction of sp³-hybridized carbons (Fsp3) is 0.556. The van der Waals surface area contributed by atoms with Crippen LogP contribution in [0, 0.1) is 5.92 Å². The Morgan fingerprint density at radius 1 is 1.08 bits per heavy atom. The maximum atomic E-state index is 12.6. The summed E-state index contributed by atoms with van der Waals surface area (Å²) in [6.07, 6.45) is 4.74. The zero-order valence-electron chi connectivity index (χ0n) is 14.4. The van der Waals surface area contributed by atoms with Crippen LogP contribution in [0.5, 0.6) is 0 Å². The molecule has 136 valence electrons. The molecule has 1 aliphatic heterocycles. The summed E-state index contributed by atoms with van der Waals surface area (Å²) in [5, 5.41) is 3.08. The Hall–Kier alpha value is -1.89. The Balaban J connectivity index is 1.52. The maximum Gasteiger partial charge on any atom is 0.253 e. The number of rotatable bonds is 5. The molecule has 1 aliphatic carbocycles. The van der Waals surface area contributed by atoms with Gasteiger partial charge in [-0.2, -0.15) is 0 Å². The van der Waals surface area contributed by atoms with Crippen LogP contribution in [-0.4, -0.2) is 50.5 Å². The van der Waals surface area contributed by atoms with E-state index < -0.39 is 9.84 Å². The maximum absolute atomic E-state index is 12.6. The molecule has 2 fully saturated rings. The Labute approximate surface area is 148 Å². The van der Waals surface area contributed by atoms with Gasteiger partial charge >= 0.3 is 0 Å². The minimum atomic E-state index is -3.08. The molecule has 0 spiro atoms.